The van der Waals surface area contributed by atoms with Gasteiger partial charge in [0.05, 0.1) is 13.2 Å². The van der Waals surface area contributed by atoms with Crippen LogP contribution in [0.1, 0.15) is 94.6 Å². The molecule has 0 saturated carbocycles. The number of carbonyl (C=O) groups excluding carboxylic acids is 10. The van der Waals surface area contributed by atoms with Crippen LogP contribution in [0.5, 0.6) is 0 Å². The van der Waals surface area contributed by atoms with E-state index in [1.807, 2.05) is 18.2 Å². The number of aromatic nitrogens is 1. The van der Waals surface area contributed by atoms with Crippen LogP contribution in [0, 0.1) is 0 Å². The predicted octanol–water partition coefficient (Wildman–Crippen LogP) is -3.81. The number of aromatic amines is 1. The van der Waals surface area contributed by atoms with Crippen molar-refractivity contribution in [3.63, 3.8) is 0 Å². The zero-order valence-corrected chi connectivity index (χ0v) is 48.9. The zero-order valence-electron chi connectivity index (χ0n) is 48.9. The Hall–Kier alpha value is -8.86. The quantitative estimate of drug-likeness (QED) is 0.0350. The van der Waals surface area contributed by atoms with Crippen molar-refractivity contribution in [2.75, 3.05) is 52.4 Å². The number of para-hydroxylation sites is 1. The number of aliphatic imine (C=N–C) groups is 2. The lowest BCUT2D eigenvalue weighted by molar-refractivity contribution is -0.148. The summed E-state index contributed by atoms with van der Waals surface area (Å²) in [6.07, 6.45) is 4.34. The third kappa shape index (κ3) is 18.1. The third-order valence-electron chi connectivity index (χ3n) is 16.1. The van der Waals surface area contributed by atoms with Crippen LogP contribution in [0.3, 0.4) is 0 Å². The largest absolute Gasteiger partial charge is 0.394 e. The Morgan fingerprint density at radius 1 is 0.506 bits per heavy atom. The molecule has 5 heterocycles. The van der Waals surface area contributed by atoms with Gasteiger partial charge in [0.1, 0.15) is 54.4 Å². The van der Waals surface area contributed by atoms with E-state index in [0.717, 1.165) is 10.9 Å². The first-order valence-corrected chi connectivity index (χ1v) is 29.9. The number of benzene rings is 2. The van der Waals surface area contributed by atoms with Crippen LogP contribution in [0.2, 0.25) is 0 Å². The Morgan fingerprint density at radius 3 is 1.60 bits per heavy atom. The van der Waals surface area contributed by atoms with Gasteiger partial charge in [0.15, 0.2) is 11.9 Å². The highest BCUT2D eigenvalue weighted by Gasteiger charge is 2.45. The van der Waals surface area contributed by atoms with Gasteiger partial charge in [-0.15, -0.1) is 0 Å². The maximum atomic E-state index is 14.9. The van der Waals surface area contributed by atoms with Crippen molar-refractivity contribution in [1.29, 1.82) is 0 Å². The summed E-state index contributed by atoms with van der Waals surface area (Å²) >= 11 is 0. The van der Waals surface area contributed by atoms with Crippen molar-refractivity contribution in [3.05, 3.63) is 71.9 Å². The lowest BCUT2D eigenvalue weighted by Gasteiger charge is -2.33. The summed E-state index contributed by atoms with van der Waals surface area (Å²) in [7, 11) is 0. The Balaban J connectivity index is 1.24. The van der Waals surface area contributed by atoms with Gasteiger partial charge in [-0.2, -0.15) is 0 Å². The van der Waals surface area contributed by atoms with Crippen LogP contribution < -0.4 is 65.9 Å². The van der Waals surface area contributed by atoms with Crippen LogP contribution in [-0.4, -0.2) is 203 Å². The number of aliphatic hydroxyl groups is 1. The lowest BCUT2D eigenvalue weighted by atomic mass is 10.0. The number of H-pyrrole nitrogens is 1. The number of aliphatic hydroxyl groups excluding tert-OH is 1. The fourth-order valence-electron chi connectivity index (χ4n) is 11.6. The molecule has 3 aromatic rings. The Kier molecular flexibility index (Phi) is 24.2. The first-order valence-electron chi connectivity index (χ1n) is 29.9. The molecule has 4 aliphatic rings. The highest BCUT2D eigenvalue weighted by Crippen LogP contribution is 2.27. The number of rotatable bonds is 17. The molecule has 19 N–H and O–H groups in total. The van der Waals surface area contributed by atoms with Gasteiger partial charge in [-0.1, -0.05) is 48.5 Å². The number of hydrogen-bond acceptors (Lipinski definition) is 14. The second-order valence-electron chi connectivity index (χ2n) is 22.3. The summed E-state index contributed by atoms with van der Waals surface area (Å²) in [6, 6.07) is 4.36. The summed E-state index contributed by atoms with van der Waals surface area (Å²) in [5.74, 6) is -7.79. The van der Waals surface area contributed by atoms with Gasteiger partial charge in [-0.3, -0.25) is 57.9 Å². The average Bonchev–Trinajstić information content (AvgIpc) is 2.48. The molecule has 4 saturated heterocycles. The first kappa shape index (κ1) is 65.7. The normalized spacial score (nSPS) is 25.2. The Bertz CT molecular complexity index is 2990. The number of nitrogens with one attached hydrogen (secondary N) is 8. The molecule has 7 rings (SSSR count). The molecule has 4 aliphatic heterocycles. The minimum atomic E-state index is -1.62. The Labute approximate surface area is 503 Å². The number of hydrogen-bond donors (Lipinski definition) is 14. The van der Waals surface area contributed by atoms with Gasteiger partial charge in [0.25, 0.3) is 0 Å². The molecule has 0 bridgehead atoms. The highest BCUT2D eigenvalue weighted by atomic mass is 16.3. The van der Waals surface area contributed by atoms with E-state index in [4.69, 9.17) is 28.7 Å². The number of carbonyl (C=O) groups is 10. The topological polar surface area (TPSA) is 455 Å². The molecular formula is C58H84N18O11. The maximum Gasteiger partial charge on any atom is 0.248 e. The van der Waals surface area contributed by atoms with E-state index in [1.54, 1.807) is 42.6 Å². The molecule has 472 valence electrons. The summed E-state index contributed by atoms with van der Waals surface area (Å²) in [4.78, 5) is 160. The fraction of sp³-hybridized carbons (Fsp3) is 0.552. The molecule has 1 aromatic heterocycles. The van der Waals surface area contributed by atoms with Crippen LogP contribution in [-0.2, 0) is 60.8 Å². The lowest BCUT2D eigenvalue weighted by Crippen LogP contribution is -2.61. The maximum absolute atomic E-state index is 14.9. The zero-order chi connectivity index (χ0) is 62.6. The average molecular weight is 1210 g/mol. The van der Waals surface area contributed by atoms with Crippen molar-refractivity contribution < 1.29 is 53.1 Å². The minimum Gasteiger partial charge on any atom is -0.394 e. The van der Waals surface area contributed by atoms with Gasteiger partial charge >= 0.3 is 0 Å². The van der Waals surface area contributed by atoms with Crippen LogP contribution in [0.15, 0.2) is 70.8 Å². The number of amides is 10. The van der Waals surface area contributed by atoms with Crippen LogP contribution in [0.25, 0.3) is 10.9 Å². The van der Waals surface area contributed by atoms with Crippen molar-refractivity contribution >= 4 is 81.9 Å². The molecule has 29 heteroatoms. The smallest absolute Gasteiger partial charge is 0.248 e. The summed E-state index contributed by atoms with van der Waals surface area (Å²) in [6.45, 7) is -0.846. The monoisotopic (exact) mass is 1210 g/mol. The van der Waals surface area contributed by atoms with E-state index in [1.165, 1.54) is 14.7 Å². The van der Waals surface area contributed by atoms with Crippen LogP contribution >= 0.6 is 0 Å². The number of unbranched alkanes of at least 4 members (excludes halogenated alkanes) is 1. The predicted molar refractivity (Wildman–Crippen MR) is 321 cm³/mol. The molecule has 0 unspecified atom stereocenters. The first-order chi connectivity index (χ1) is 41.9. The van der Waals surface area contributed by atoms with E-state index in [0.29, 0.717) is 43.2 Å². The van der Waals surface area contributed by atoms with Crippen LogP contribution in [0.4, 0.5) is 0 Å². The number of nitrogens with two attached hydrogens (primary N) is 5. The van der Waals surface area contributed by atoms with E-state index in [9.17, 15) is 53.1 Å². The molecule has 0 radical (unpaired) electrons. The van der Waals surface area contributed by atoms with Crippen molar-refractivity contribution in [1.82, 2.24) is 56.9 Å². The van der Waals surface area contributed by atoms with E-state index < -0.39 is 127 Å². The van der Waals surface area contributed by atoms with Gasteiger partial charge in [-0.05, 0) is 107 Å². The third-order valence-corrected chi connectivity index (χ3v) is 16.1. The SMILES string of the molecule is NCCCC[C@@H]1NC(=O)[C@H](CCCN=C(N)N)NC(=O)[C@H](Cc2ccccc2)NC(=O)[C@@H]2CCCN2C(=O)[C@H](CO)NC(=O)[C@H](Cc2c[nH]c3ccccc23)NC(=O)CNC(=O)[C@@H]2CCCN2C(=O)[C@@H]2CCCN2C(=O)[C@H](CCCN=C(N)N)NC1=O. The molecule has 9 atom stereocenters. The van der Waals surface area contributed by atoms with Gasteiger partial charge < -0.3 is 90.7 Å². The number of fused-ring (bicyclic) bond motifs is 4. The molecule has 0 aliphatic carbocycles. The van der Waals surface area contributed by atoms with Gasteiger partial charge in [0.2, 0.25) is 59.1 Å². The minimum absolute atomic E-state index is 0.00384. The van der Waals surface area contributed by atoms with Gasteiger partial charge in [0, 0.05) is 62.7 Å². The fourth-order valence-corrected chi connectivity index (χ4v) is 11.6. The van der Waals surface area contributed by atoms with Crippen molar-refractivity contribution in [2.24, 2.45) is 38.7 Å². The summed E-state index contributed by atoms with van der Waals surface area (Å²) in [5, 5.41) is 30.6. The van der Waals surface area contributed by atoms with Gasteiger partial charge in [-0.25, -0.2) is 0 Å². The van der Waals surface area contributed by atoms with Crippen molar-refractivity contribution in [3.8, 4) is 0 Å². The molecule has 0 spiro atoms. The summed E-state index contributed by atoms with van der Waals surface area (Å²) in [5.41, 5.74) is 30.3. The molecule has 10 amide bonds. The number of guanidine groups is 2. The molecule has 87 heavy (non-hydrogen) atoms. The second kappa shape index (κ2) is 32.0. The highest BCUT2D eigenvalue weighted by molar-refractivity contribution is 6.00. The van der Waals surface area contributed by atoms with Crippen molar-refractivity contribution in [2.45, 2.75) is 151 Å². The standard InChI is InChI=1S/C58H84N18O11/c59-23-7-6-17-38-49(80)71-40(19-9-25-65-58(62)63)54(85)76-28-12-22-46(76)56(87)75-27-10-20-44(75)52(83)67-32-47(78)68-42(30-35-31-66-37-16-5-4-15-36(35)37)51(82)73-43(33-77)55(86)74-26-11-21-45(74)53(84)72-41(29-34-13-2-1-3-14-34)50(81)70-39(48(79)69-38)18-8-24-64-57(60)61/h1-5,13-16,31,38-46,66,77H,6-12,17-30,32-33,59H2,(H,67,83)(H,68,78)(H,69,79)(H,70,81)(H,71,80)(H,72,84)(H,73,82)(H4,60,61,64)(H4,62,63,65)/t38-,39-,40-,41-,42-,43-,44-,45-,46-/m0/s1. The Morgan fingerprint density at radius 2 is 0.989 bits per heavy atom. The summed E-state index contributed by atoms with van der Waals surface area (Å²) < 4.78 is 0. The number of nitrogens with zero attached hydrogens (tertiary/aromatic N) is 5. The molecular weight excluding hydrogens is 1120 g/mol. The van der Waals surface area contributed by atoms with E-state index in [2.05, 4.69) is 52.2 Å². The molecule has 29 nitrogen and oxygen atoms in total. The molecule has 4 fully saturated rings. The second-order valence-corrected chi connectivity index (χ2v) is 22.3. The van der Waals surface area contributed by atoms with E-state index >= 15 is 0 Å². The molecule has 2 aromatic carbocycles. The van der Waals surface area contributed by atoms with E-state index in [-0.39, 0.29) is 115 Å².